The molecule has 0 radical (unpaired) electrons. The van der Waals surface area contributed by atoms with E-state index in [1.165, 1.54) is 12.4 Å². The van der Waals surface area contributed by atoms with Crippen molar-refractivity contribution in [1.29, 1.82) is 0 Å². The van der Waals surface area contributed by atoms with Gasteiger partial charge in [0.05, 0.1) is 37.0 Å². The first-order valence-electron chi connectivity index (χ1n) is 11.0. The summed E-state index contributed by atoms with van der Waals surface area (Å²) in [4.78, 5) is 35.6. The van der Waals surface area contributed by atoms with Crippen LogP contribution in [0.3, 0.4) is 0 Å². The Morgan fingerprint density at radius 2 is 1.88 bits per heavy atom. The molecule has 1 aliphatic heterocycles. The van der Waals surface area contributed by atoms with Crippen LogP contribution in [0.5, 0.6) is 11.5 Å². The Morgan fingerprint density at radius 3 is 2.64 bits per heavy atom. The fourth-order valence-electron chi connectivity index (χ4n) is 3.78. The molecule has 2 amide bonds. The van der Waals surface area contributed by atoms with Crippen molar-refractivity contribution in [3.63, 3.8) is 0 Å². The van der Waals surface area contributed by atoms with E-state index in [0.717, 1.165) is 18.6 Å². The van der Waals surface area contributed by atoms with E-state index in [9.17, 15) is 14.7 Å². The first-order chi connectivity index (χ1) is 16.1. The minimum absolute atomic E-state index is 0.0118. The Balaban J connectivity index is 1.28. The Labute approximate surface area is 192 Å². The summed E-state index contributed by atoms with van der Waals surface area (Å²) in [5, 5.41) is 12.5. The van der Waals surface area contributed by atoms with E-state index in [1.54, 1.807) is 29.2 Å². The molecular weight excluding hydrogens is 420 g/mol. The molecule has 170 valence electrons. The van der Waals surface area contributed by atoms with Crippen molar-refractivity contribution in [3.05, 3.63) is 67.0 Å². The zero-order valence-electron chi connectivity index (χ0n) is 18.2. The summed E-state index contributed by atoms with van der Waals surface area (Å²) in [6.07, 6.45) is 4.84. The van der Waals surface area contributed by atoms with Crippen LogP contribution < -0.4 is 10.1 Å². The first-order valence-corrected chi connectivity index (χ1v) is 11.0. The third-order valence-corrected chi connectivity index (χ3v) is 5.50. The predicted molar refractivity (Wildman–Crippen MR) is 124 cm³/mol. The van der Waals surface area contributed by atoms with Gasteiger partial charge in [-0.2, -0.15) is 0 Å². The smallest absolute Gasteiger partial charge is 0.229 e. The number of carbonyl (C=O) groups is 2. The molecule has 1 saturated heterocycles. The standard InChI is InChI=1S/C25H26N4O4/c30-21-8-4-6-18(14-21)24-26-15-20(16-27-24)28-25(32)19-7-5-12-29(17-19)23(31)11-13-33-22-9-2-1-3-10-22/h1-4,6,8-10,14-16,19,30H,5,7,11-13,17H2,(H,28,32). The molecule has 0 bridgehead atoms. The van der Waals surface area contributed by atoms with Crippen LogP contribution in [0.2, 0.25) is 0 Å². The normalized spacial score (nSPS) is 15.6. The summed E-state index contributed by atoms with van der Waals surface area (Å²) in [7, 11) is 0. The molecule has 0 aliphatic carbocycles. The van der Waals surface area contributed by atoms with Gasteiger partial charge in [0, 0.05) is 18.7 Å². The van der Waals surface area contributed by atoms with E-state index in [-0.39, 0.29) is 29.9 Å². The monoisotopic (exact) mass is 446 g/mol. The fraction of sp³-hybridized carbons (Fsp3) is 0.280. The second-order valence-electron chi connectivity index (χ2n) is 7.93. The number of rotatable bonds is 7. The molecule has 33 heavy (non-hydrogen) atoms. The Bertz CT molecular complexity index is 1090. The number of hydrogen-bond donors (Lipinski definition) is 2. The molecular formula is C25H26N4O4. The number of phenols is 1. The first kappa shape index (κ1) is 22.3. The maximum atomic E-state index is 12.8. The van der Waals surface area contributed by atoms with E-state index >= 15 is 0 Å². The Hall–Kier alpha value is -3.94. The van der Waals surface area contributed by atoms with Gasteiger partial charge in [0.2, 0.25) is 11.8 Å². The second-order valence-corrected chi connectivity index (χ2v) is 7.93. The molecule has 0 saturated carbocycles. The maximum absolute atomic E-state index is 12.8. The van der Waals surface area contributed by atoms with Gasteiger partial charge in [-0.05, 0) is 37.1 Å². The van der Waals surface area contributed by atoms with Crippen LogP contribution in [0.4, 0.5) is 5.69 Å². The quantitative estimate of drug-likeness (QED) is 0.576. The van der Waals surface area contributed by atoms with Crippen molar-refractivity contribution < 1.29 is 19.4 Å². The number of amides is 2. The highest BCUT2D eigenvalue weighted by molar-refractivity contribution is 5.93. The Morgan fingerprint density at radius 1 is 1.09 bits per heavy atom. The lowest BCUT2D eigenvalue weighted by atomic mass is 9.97. The third kappa shape index (κ3) is 6.06. The van der Waals surface area contributed by atoms with Gasteiger partial charge >= 0.3 is 0 Å². The fourth-order valence-corrected chi connectivity index (χ4v) is 3.78. The number of aromatic nitrogens is 2. The zero-order valence-corrected chi connectivity index (χ0v) is 18.2. The van der Waals surface area contributed by atoms with Crippen LogP contribution in [-0.4, -0.2) is 51.5 Å². The largest absolute Gasteiger partial charge is 0.508 e. The molecule has 1 aliphatic rings. The average molecular weight is 447 g/mol. The highest BCUT2D eigenvalue weighted by Crippen LogP contribution is 2.22. The lowest BCUT2D eigenvalue weighted by molar-refractivity contribution is -0.135. The molecule has 8 nitrogen and oxygen atoms in total. The van der Waals surface area contributed by atoms with Crippen molar-refractivity contribution in [2.24, 2.45) is 5.92 Å². The molecule has 1 aromatic heterocycles. The predicted octanol–water partition coefficient (Wildman–Crippen LogP) is 3.50. The van der Waals surface area contributed by atoms with Crippen LogP contribution >= 0.6 is 0 Å². The van der Waals surface area contributed by atoms with E-state index < -0.39 is 0 Å². The number of para-hydroxylation sites is 1. The summed E-state index contributed by atoms with van der Waals surface area (Å²) >= 11 is 0. The number of hydrogen-bond acceptors (Lipinski definition) is 6. The van der Waals surface area contributed by atoms with Crippen molar-refractivity contribution >= 4 is 17.5 Å². The van der Waals surface area contributed by atoms with E-state index in [2.05, 4.69) is 15.3 Å². The molecule has 1 fully saturated rings. The van der Waals surface area contributed by atoms with Gasteiger partial charge in [-0.1, -0.05) is 30.3 Å². The molecule has 2 heterocycles. The van der Waals surface area contributed by atoms with Crippen molar-refractivity contribution in [1.82, 2.24) is 14.9 Å². The van der Waals surface area contributed by atoms with Crippen LogP contribution in [-0.2, 0) is 9.59 Å². The van der Waals surface area contributed by atoms with Gasteiger partial charge < -0.3 is 20.1 Å². The summed E-state index contributed by atoms with van der Waals surface area (Å²) in [5.74, 6) is 0.874. The summed E-state index contributed by atoms with van der Waals surface area (Å²) in [6, 6.07) is 16.0. The lowest BCUT2D eigenvalue weighted by Crippen LogP contribution is -2.44. The highest BCUT2D eigenvalue weighted by Gasteiger charge is 2.28. The summed E-state index contributed by atoms with van der Waals surface area (Å²) in [5.41, 5.74) is 1.18. The number of likely N-dealkylation sites (tertiary alicyclic amines) is 1. The number of benzene rings is 2. The van der Waals surface area contributed by atoms with E-state index in [1.807, 2.05) is 30.3 Å². The number of carbonyl (C=O) groups excluding carboxylic acids is 2. The average Bonchev–Trinajstić information content (AvgIpc) is 2.85. The van der Waals surface area contributed by atoms with Crippen LogP contribution in [0, 0.1) is 5.92 Å². The van der Waals surface area contributed by atoms with Crippen molar-refractivity contribution in [3.8, 4) is 22.9 Å². The van der Waals surface area contributed by atoms with Gasteiger partial charge in [0.15, 0.2) is 5.82 Å². The second kappa shape index (κ2) is 10.6. The topological polar surface area (TPSA) is 105 Å². The third-order valence-electron chi connectivity index (χ3n) is 5.50. The molecule has 8 heteroatoms. The molecule has 0 spiro atoms. The molecule has 2 N–H and O–H groups in total. The van der Waals surface area contributed by atoms with Crippen LogP contribution in [0.25, 0.3) is 11.4 Å². The highest BCUT2D eigenvalue weighted by atomic mass is 16.5. The Kier molecular flexibility index (Phi) is 7.14. The van der Waals surface area contributed by atoms with Crippen molar-refractivity contribution in [2.45, 2.75) is 19.3 Å². The number of nitrogens with one attached hydrogen (secondary N) is 1. The van der Waals surface area contributed by atoms with Crippen LogP contribution in [0.1, 0.15) is 19.3 Å². The molecule has 3 aromatic rings. The number of nitrogens with zero attached hydrogens (tertiary/aromatic N) is 3. The summed E-state index contributed by atoms with van der Waals surface area (Å²) in [6.45, 7) is 1.34. The zero-order chi connectivity index (χ0) is 23.0. The van der Waals surface area contributed by atoms with E-state index in [0.29, 0.717) is 36.8 Å². The van der Waals surface area contributed by atoms with Crippen LogP contribution in [0.15, 0.2) is 67.0 Å². The molecule has 1 unspecified atom stereocenters. The molecule has 2 aromatic carbocycles. The number of aromatic hydroxyl groups is 1. The van der Waals surface area contributed by atoms with Gasteiger partial charge in [-0.15, -0.1) is 0 Å². The SMILES string of the molecule is O=C(Nc1cnc(-c2cccc(O)c2)nc1)C1CCCN(C(=O)CCOc2ccccc2)C1. The maximum Gasteiger partial charge on any atom is 0.229 e. The molecule has 4 rings (SSSR count). The van der Waals surface area contributed by atoms with Gasteiger partial charge in [0.1, 0.15) is 11.5 Å². The van der Waals surface area contributed by atoms with Crippen molar-refractivity contribution in [2.75, 3.05) is 25.0 Å². The van der Waals surface area contributed by atoms with Gasteiger partial charge in [-0.25, -0.2) is 9.97 Å². The van der Waals surface area contributed by atoms with E-state index in [4.69, 9.17) is 4.74 Å². The number of phenolic OH excluding ortho intramolecular Hbond substituents is 1. The number of anilines is 1. The van der Waals surface area contributed by atoms with Gasteiger partial charge in [-0.3, -0.25) is 9.59 Å². The van der Waals surface area contributed by atoms with Gasteiger partial charge in [0.25, 0.3) is 0 Å². The number of piperidine rings is 1. The minimum Gasteiger partial charge on any atom is -0.508 e. The minimum atomic E-state index is -0.288. The summed E-state index contributed by atoms with van der Waals surface area (Å²) < 4.78 is 5.61. The lowest BCUT2D eigenvalue weighted by Gasteiger charge is -2.32. The number of ether oxygens (including phenoxy) is 1. The molecule has 1 atom stereocenters.